The van der Waals surface area contributed by atoms with Crippen LogP contribution >= 0.6 is 22.9 Å². The molecule has 256 valence electrons. The predicted molar refractivity (Wildman–Crippen MR) is 186 cm³/mol. The van der Waals surface area contributed by atoms with Crippen LogP contribution in [0.1, 0.15) is 70.7 Å². The number of halogens is 4. The molecule has 0 aliphatic carbocycles. The van der Waals surface area contributed by atoms with Crippen molar-refractivity contribution in [3.63, 3.8) is 0 Å². The van der Waals surface area contributed by atoms with E-state index >= 15 is 0 Å². The number of likely N-dealkylation sites (N-methyl/N-ethyl adjacent to an activating group) is 2. The summed E-state index contributed by atoms with van der Waals surface area (Å²) < 4.78 is 39.6. The molecule has 2 N–H and O–H groups in total. The SMILES string of the molecule is CCN(CC)CCN(CCN(CC)CC)Cc1cccc(C(=O)Nc2scc(C)c2C(=O)NN=Cc2ccc(Cl)c(C(F)(F)F)c2)c1. The Morgan fingerprint density at radius 1 is 0.894 bits per heavy atom. The lowest BCUT2D eigenvalue weighted by atomic mass is 10.1. The number of anilines is 1. The Balaban J connectivity index is 1.70. The summed E-state index contributed by atoms with van der Waals surface area (Å²) >= 11 is 6.88. The largest absolute Gasteiger partial charge is 0.417 e. The van der Waals surface area contributed by atoms with E-state index in [0.29, 0.717) is 22.7 Å². The quantitative estimate of drug-likeness (QED) is 0.115. The van der Waals surface area contributed by atoms with Crippen LogP contribution in [-0.2, 0) is 12.7 Å². The molecule has 13 heteroatoms. The number of nitrogens with zero attached hydrogens (tertiary/aromatic N) is 4. The van der Waals surface area contributed by atoms with Gasteiger partial charge in [-0.1, -0.05) is 57.5 Å². The number of benzene rings is 2. The van der Waals surface area contributed by atoms with E-state index in [1.54, 1.807) is 18.4 Å². The molecule has 2 aromatic carbocycles. The summed E-state index contributed by atoms with van der Waals surface area (Å²) in [4.78, 5) is 33.6. The number of amides is 2. The smallest absolute Gasteiger partial charge is 0.313 e. The fourth-order valence-electron chi connectivity index (χ4n) is 5.04. The third-order valence-electron chi connectivity index (χ3n) is 7.95. The van der Waals surface area contributed by atoms with Gasteiger partial charge in [0, 0.05) is 38.3 Å². The number of carbonyl (C=O) groups is 2. The Morgan fingerprint density at radius 3 is 2.11 bits per heavy atom. The monoisotopic (exact) mass is 692 g/mol. The van der Waals surface area contributed by atoms with Gasteiger partial charge in [-0.05, 0) is 79.4 Å². The van der Waals surface area contributed by atoms with E-state index in [1.165, 1.54) is 17.4 Å². The van der Waals surface area contributed by atoms with Crippen LogP contribution in [0.3, 0.4) is 0 Å². The minimum absolute atomic E-state index is 0.108. The maximum Gasteiger partial charge on any atom is 0.417 e. The van der Waals surface area contributed by atoms with Crippen LogP contribution in [0.5, 0.6) is 0 Å². The average molecular weight is 693 g/mol. The number of carbonyl (C=O) groups excluding carboxylic acids is 2. The highest BCUT2D eigenvalue weighted by atomic mass is 35.5. The molecule has 47 heavy (non-hydrogen) atoms. The first-order chi connectivity index (χ1) is 22.4. The van der Waals surface area contributed by atoms with E-state index in [2.05, 4.69) is 58.2 Å². The molecular weight excluding hydrogens is 649 g/mol. The fraction of sp³-hybridized carbons (Fsp3) is 0.441. The highest BCUT2D eigenvalue weighted by Gasteiger charge is 2.33. The summed E-state index contributed by atoms with van der Waals surface area (Å²) in [6.45, 7) is 18.8. The molecule has 0 saturated carbocycles. The van der Waals surface area contributed by atoms with Gasteiger partial charge in [0.05, 0.1) is 22.4 Å². The molecule has 3 aromatic rings. The lowest BCUT2D eigenvalue weighted by Gasteiger charge is -2.29. The predicted octanol–water partition coefficient (Wildman–Crippen LogP) is 7.23. The normalized spacial score (nSPS) is 12.1. The number of nitrogens with one attached hydrogen (secondary N) is 2. The Bertz CT molecular complexity index is 1490. The number of rotatable bonds is 17. The molecule has 1 aromatic heterocycles. The minimum Gasteiger partial charge on any atom is -0.313 e. The third kappa shape index (κ3) is 11.4. The van der Waals surface area contributed by atoms with Gasteiger partial charge in [-0.3, -0.25) is 14.5 Å². The van der Waals surface area contributed by atoms with Gasteiger partial charge >= 0.3 is 6.18 Å². The first-order valence-corrected chi connectivity index (χ1v) is 17.0. The second-order valence-electron chi connectivity index (χ2n) is 11.0. The molecule has 0 atom stereocenters. The molecule has 3 rings (SSSR count). The van der Waals surface area contributed by atoms with Crippen molar-refractivity contribution in [2.24, 2.45) is 5.10 Å². The van der Waals surface area contributed by atoms with Crippen molar-refractivity contribution in [2.75, 3.05) is 57.7 Å². The van der Waals surface area contributed by atoms with Gasteiger partial charge in [0.1, 0.15) is 5.00 Å². The van der Waals surface area contributed by atoms with E-state index in [0.717, 1.165) is 76.3 Å². The minimum atomic E-state index is -4.62. The molecule has 1 heterocycles. The van der Waals surface area contributed by atoms with Crippen LogP contribution in [0.25, 0.3) is 0 Å². The zero-order chi connectivity index (χ0) is 34.6. The average Bonchev–Trinajstić information content (AvgIpc) is 3.41. The second kappa shape index (κ2) is 18.3. The van der Waals surface area contributed by atoms with Gasteiger partial charge in [-0.2, -0.15) is 18.3 Å². The lowest BCUT2D eigenvalue weighted by molar-refractivity contribution is -0.137. The lowest BCUT2D eigenvalue weighted by Crippen LogP contribution is -2.39. The molecule has 0 spiro atoms. The van der Waals surface area contributed by atoms with Crippen LogP contribution < -0.4 is 10.7 Å². The molecule has 0 radical (unpaired) electrons. The van der Waals surface area contributed by atoms with Crippen molar-refractivity contribution in [2.45, 2.75) is 47.3 Å². The van der Waals surface area contributed by atoms with Crippen molar-refractivity contribution in [3.8, 4) is 0 Å². The number of aryl methyl sites for hydroxylation is 1. The zero-order valence-corrected chi connectivity index (χ0v) is 29.2. The molecule has 0 bridgehead atoms. The summed E-state index contributed by atoms with van der Waals surface area (Å²) in [5, 5.41) is 8.34. The van der Waals surface area contributed by atoms with Gasteiger partial charge in [0.2, 0.25) is 0 Å². The maximum absolute atomic E-state index is 13.4. The molecule has 0 fully saturated rings. The summed E-state index contributed by atoms with van der Waals surface area (Å²) in [5.74, 6) is -0.962. The summed E-state index contributed by atoms with van der Waals surface area (Å²) in [5.41, 5.74) is 3.79. The Kier molecular flexibility index (Phi) is 14.9. The Labute approximate surface area is 284 Å². The van der Waals surface area contributed by atoms with Crippen LogP contribution in [0.2, 0.25) is 5.02 Å². The molecule has 0 aliphatic rings. The Morgan fingerprint density at radius 2 is 1.51 bits per heavy atom. The molecule has 0 saturated heterocycles. The van der Waals surface area contributed by atoms with Crippen molar-refractivity contribution in [3.05, 3.63) is 86.2 Å². The van der Waals surface area contributed by atoms with E-state index in [-0.39, 0.29) is 17.0 Å². The first kappa shape index (κ1) is 38.2. The molecule has 0 unspecified atom stereocenters. The van der Waals surface area contributed by atoms with Crippen LogP contribution in [-0.4, -0.2) is 85.1 Å². The molecule has 2 amide bonds. The highest BCUT2D eigenvalue weighted by molar-refractivity contribution is 7.15. The Hall–Kier alpha value is -3.29. The topological polar surface area (TPSA) is 80.3 Å². The number of thiophene rings is 1. The number of hydrazone groups is 1. The second-order valence-corrected chi connectivity index (χ2v) is 12.3. The third-order valence-corrected chi connectivity index (χ3v) is 9.30. The highest BCUT2D eigenvalue weighted by Crippen LogP contribution is 2.35. The summed E-state index contributed by atoms with van der Waals surface area (Å²) in [6, 6.07) is 10.8. The van der Waals surface area contributed by atoms with Gasteiger partial charge in [0.25, 0.3) is 11.8 Å². The van der Waals surface area contributed by atoms with Gasteiger partial charge in [-0.25, -0.2) is 5.43 Å². The van der Waals surface area contributed by atoms with Crippen LogP contribution in [0, 0.1) is 6.92 Å². The fourth-order valence-corrected chi connectivity index (χ4v) is 6.20. The van der Waals surface area contributed by atoms with E-state index in [1.807, 2.05) is 18.2 Å². The van der Waals surface area contributed by atoms with Crippen molar-refractivity contribution in [1.82, 2.24) is 20.1 Å². The molecule has 0 aliphatic heterocycles. The van der Waals surface area contributed by atoms with E-state index < -0.39 is 22.7 Å². The van der Waals surface area contributed by atoms with Crippen molar-refractivity contribution < 1.29 is 22.8 Å². The summed E-state index contributed by atoms with van der Waals surface area (Å²) in [7, 11) is 0. The molecule has 8 nitrogen and oxygen atoms in total. The van der Waals surface area contributed by atoms with Crippen LogP contribution in [0.15, 0.2) is 52.9 Å². The number of hydrogen-bond donors (Lipinski definition) is 2. The maximum atomic E-state index is 13.4. The van der Waals surface area contributed by atoms with E-state index in [4.69, 9.17) is 11.6 Å². The van der Waals surface area contributed by atoms with Crippen molar-refractivity contribution in [1.29, 1.82) is 0 Å². The standard InChI is InChI=1S/C34H44ClF3N6O2S/c1-6-42(7-2)15-17-44(18-16-43(8-3)9-4)22-26-11-10-12-27(19-26)31(45)40-33-30(24(5)23-47-33)32(46)41-39-21-25-13-14-29(35)28(20-25)34(36,37)38/h10-14,19-21,23H,6-9,15-18,22H2,1-5H3,(H,40,45)(H,41,46). The number of hydrogen-bond acceptors (Lipinski definition) is 7. The molecular formula is C34H44ClF3N6O2S. The van der Waals surface area contributed by atoms with Gasteiger partial charge in [-0.15, -0.1) is 11.3 Å². The summed E-state index contributed by atoms with van der Waals surface area (Å²) in [6.07, 6.45) is -3.53. The van der Waals surface area contributed by atoms with Crippen molar-refractivity contribution >= 4 is 46.0 Å². The number of alkyl halides is 3. The van der Waals surface area contributed by atoms with E-state index in [9.17, 15) is 22.8 Å². The van der Waals surface area contributed by atoms with Crippen LogP contribution in [0.4, 0.5) is 18.2 Å². The van der Waals surface area contributed by atoms with Gasteiger partial charge in [0.15, 0.2) is 0 Å². The van der Waals surface area contributed by atoms with Gasteiger partial charge < -0.3 is 15.1 Å². The first-order valence-electron chi connectivity index (χ1n) is 15.8. The zero-order valence-electron chi connectivity index (χ0n) is 27.6.